The predicted molar refractivity (Wildman–Crippen MR) is 80.9 cm³/mol. The summed E-state index contributed by atoms with van der Waals surface area (Å²) in [5, 5.41) is 2.94. The molecule has 0 aliphatic carbocycles. The maximum atomic E-state index is 14.0. The van der Waals surface area contributed by atoms with Crippen molar-refractivity contribution in [3.63, 3.8) is 0 Å². The largest absolute Gasteiger partial charge is 0.316 e. The van der Waals surface area contributed by atoms with E-state index in [4.69, 9.17) is 0 Å². The summed E-state index contributed by atoms with van der Waals surface area (Å²) in [4.78, 5) is -0.209. The van der Waals surface area contributed by atoms with Crippen LogP contribution in [0.15, 0.2) is 23.1 Å². The molecule has 4 nitrogen and oxygen atoms in total. The van der Waals surface area contributed by atoms with E-state index < -0.39 is 15.8 Å². The number of nitrogens with zero attached hydrogens (tertiary/aromatic N) is 1. The van der Waals surface area contributed by atoms with Crippen LogP contribution in [0.5, 0.6) is 0 Å². The van der Waals surface area contributed by atoms with Crippen molar-refractivity contribution in [2.45, 2.75) is 31.7 Å². The second-order valence-corrected chi connectivity index (χ2v) is 7.86. The fourth-order valence-corrected chi connectivity index (χ4v) is 4.34. The molecule has 1 aromatic carbocycles. The normalized spacial score (nSPS) is 20.3. The SMILES string of the molecule is CNCc1ccc(F)c(S(=O)(=O)N2CCC(C(C)C)C2)c1. The van der Waals surface area contributed by atoms with E-state index in [2.05, 4.69) is 19.2 Å². The minimum Gasteiger partial charge on any atom is -0.316 e. The molecule has 1 aromatic rings. The summed E-state index contributed by atoms with van der Waals surface area (Å²) in [6.45, 7) is 5.65. The summed E-state index contributed by atoms with van der Waals surface area (Å²) in [5.74, 6) is 0.108. The Morgan fingerprint density at radius 3 is 2.71 bits per heavy atom. The Labute approximate surface area is 126 Å². The Morgan fingerprint density at radius 1 is 1.43 bits per heavy atom. The summed E-state index contributed by atoms with van der Waals surface area (Å²) >= 11 is 0. The van der Waals surface area contributed by atoms with Crippen LogP contribution >= 0.6 is 0 Å². The molecular formula is C15H23FN2O2S. The highest BCUT2D eigenvalue weighted by Gasteiger charge is 2.35. The van der Waals surface area contributed by atoms with Gasteiger partial charge in [0.05, 0.1) is 0 Å². The van der Waals surface area contributed by atoms with Gasteiger partial charge in [0, 0.05) is 19.6 Å². The highest BCUT2D eigenvalue weighted by atomic mass is 32.2. The highest BCUT2D eigenvalue weighted by molar-refractivity contribution is 7.89. The zero-order valence-corrected chi connectivity index (χ0v) is 13.6. The van der Waals surface area contributed by atoms with Gasteiger partial charge in [-0.05, 0) is 43.0 Å². The van der Waals surface area contributed by atoms with E-state index in [-0.39, 0.29) is 4.90 Å². The van der Waals surface area contributed by atoms with E-state index in [1.807, 2.05) is 0 Å². The van der Waals surface area contributed by atoms with Gasteiger partial charge >= 0.3 is 0 Å². The first kappa shape index (κ1) is 16.4. The zero-order valence-electron chi connectivity index (χ0n) is 12.8. The number of halogens is 1. The minimum atomic E-state index is -3.75. The van der Waals surface area contributed by atoms with Crippen LogP contribution in [-0.4, -0.2) is 32.9 Å². The molecule has 0 bridgehead atoms. The van der Waals surface area contributed by atoms with Crippen molar-refractivity contribution in [2.24, 2.45) is 11.8 Å². The molecule has 0 radical (unpaired) electrons. The molecule has 1 saturated heterocycles. The molecule has 1 unspecified atom stereocenters. The van der Waals surface area contributed by atoms with E-state index in [0.29, 0.717) is 31.5 Å². The lowest BCUT2D eigenvalue weighted by Crippen LogP contribution is -2.30. The number of rotatable bonds is 5. The third-order valence-electron chi connectivity index (χ3n) is 4.12. The van der Waals surface area contributed by atoms with Gasteiger partial charge < -0.3 is 5.32 Å². The van der Waals surface area contributed by atoms with E-state index in [1.54, 1.807) is 13.1 Å². The van der Waals surface area contributed by atoms with E-state index in [9.17, 15) is 12.8 Å². The Bertz CT molecular complexity index is 602. The second-order valence-electron chi connectivity index (χ2n) is 5.95. The standard InChI is InChI=1S/C15H23FN2O2S/c1-11(2)13-6-7-18(10-13)21(19,20)15-8-12(9-17-3)4-5-14(15)16/h4-5,8,11,13,17H,6-7,9-10H2,1-3H3. The zero-order chi connectivity index (χ0) is 15.6. The molecule has 6 heteroatoms. The van der Waals surface area contributed by atoms with Crippen molar-refractivity contribution < 1.29 is 12.8 Å². The van der Waals surface area contributed by atoms with Crippen molar-refractivity contribution in [2.75, 3.05) is 20.1 Å². The summed E-state index contributed by atoms with van der Waals surface area (Å²) in [5.41, 5.74) is 0.761. The summed E-state index contributed by atoms with van der Waals surface area (Å²) in [7, 11) is -1.98. The molecule has 21 heavy (non-hydrogen) atoms. The monoisotopic (exact) mass is 314 g/mol. The number of nitrogens with one attached hydrogen (secondary N) is 1. The fourth-order valence-electron chi connectivity index (χ4n) is 2.72. The molecule has 1 aliphatic heterocycles. The third-order valence-corrected chi connectivity index (χ3v) is 6.00. The smallest absolute Gasteiger partial charge is 0.246 e. The van der Waals surface area contributed by atoms with Crippen molar-refractivity contribution in [3.05, 3.63) is 29.6 Å². The maximum Gasteiger partial charge on any atom is 0.246 e. The number of hydrogen-bond acceptors (Lipinski definition) is 3. The van der Waals surface area contributed by atoms with Gasteiger partial charge in [0.15, 0.2) is 0 Å². The molecule has 1 aliphatic rings. The van der Waals surface area contributed by atoms with Gasteiger partial charge in [0.25, 0.3) is 0 Å². The van der Waals surface area contributed by atoms with Crippen molar-refractivity contribution >= 4 is 10.0 Å². The van der Waals surface area contributed by atoms with Gasteiger partial charge in [0.1, 0.15) is 10.7 Å². The number of hydrogen-bond donors (Lipinski definition) is 1. The Morgan fingerprint density at radius 2 is 2.14 bits per heavy atom. The Balaban J connectivity index is 2.30. The van der Waals surface area contributed by atoms with E-state index in [0.717, 1.165) is 12.0 Å². The van der Waals surface area contributed by atoms with E-state index >= 15 is 0 Å². The van der Waals surface area contributed by atoms with Crippen LogP contribution in [-0.2, 0) is 16.6 Å². The molecule has 0 amide bonds. The summed E-state index contributed by atoms with van der Waals surface area (Å²) < 4.78 is 40.7. The number of benzene rings is 1. The molecule has 0 saturated carbocycles. The van der Waals surface area contributed by atoms with Gasteiger partial charge in [0.2, 0.25) is 10.0 Å². The van der Waals surface area contributed by atoms with Crippen LogP contribution in [0.2, 0.25) is 0 Å². The molecule has 1 atom stereocenters. The highest BCUT2D eigenvalue weighted by Crippen LogP contribution is 2.29. The first-order chi connectivity index (χ1) is 9.86. The first-order valence-electron chi connectivity index (χ1n) is 7.29. The van der Waals surface area contributed by atoms with Gasteiger partial charge in [-0.15, -0.1) is 0 Å². The molecule has 1 fully saturated rings. The molecule has 1 N–H and O–H groups in total. The summed E-state index contributed by atoms with van der Waals surface area (Å²) in [6, 6.07) is 4.27. The quantitative estimate of drug-likeness (QED) is 0.906. The maximum absolute atomic E-state index is 14.0. The second kappa shape index (κ2) is 6.42. The Kier molecular flexibility index (Phi) is 5.01. The van der Waals surface area contributed by atoms with Crippen LogP contribution in [0.3, 0.4) is 0 Å². The van der Waals surface area contributed by atoms with Gasteiger partial charge in [-0.2, -0.15) is 4.31 Å². The Hall–Kier alpha value is -0.980. The van der Waals surface area contributed by atoms with Crippen LogP contribution in [0, 0.1) is 17.7 Å². The lowest BCUT2D eigenvalue weighted by molar-refractivity contribution is 0.387. The van der Waals surface area contributed by atoms with Crippen molar-refractivity contribution in [3.8, 4) is 0 Å². The molecule has 0 aromatic heterocycles. The third kappa shape index (κ3) is 3.44. The lowest BCUT2D eigenvalue weighted by atomic mass is 9.96. The van der Waals surface area contributed by atoms with Crippen LogP contribution in [0.1, 0.15) is 25.8 Å². The molecule has 1 heterocycles. The van der Waals surface area contributed by atoms with Crippen molar-refractivity contribution in [1.29, 1.82) is 0 Å². The van der Waals surface area contributed by atoms with E-state index in [1.165, 1.54) is 16.4 Å². The van der Waals surface area contributed by atoms with Crippen LogP contribution in [0.25, 0.3) is 0 Å². The van der Waals surface area contributed by atoms with Crippen LogP contribution in [0.4, 0.5) is 4.39 Å². The predicted octanol–water partition coefficient (Wildman–Crippen LogP) is 2.21. The molecule has 2 rings (SSSR count). The first-order valence-corrected chi connectivity index (χ1v) is 8.73. The molecular weight excluding hydrogens is 291 g/mol. The fraction of sp³-hybridized carbons (Fsp3) is 0.600. The van der Waals surface area contributed by atoms with Gasteiger partial charge in [-0.25, -0.2) is 12.8 Å². The molecule has 118 valence electrons. The van der Waals surface area contributed by atoms with Crippen molar-refractivity contribution in [1.82, 2.24) is 9.62 Å². The average Bonchev–Trinajstić information content (AvgIpc) is 2.91. The topological polar surface area (TPSA) is 49.4 Å². The van der Waals surface area contributed by atoms with Gasteiger partial charge in [-0.1, -0.05) is 19.9 Å². The minimum absolute atomic E-state index is 0.209. The molecule has 0 spiro atoms. The van der Waals surface area contributed by atoms with Crippen LogP contribution < -0.4 is 5.32 Å². The average molecular weight is 314 g/mol. The lowest BCUT2D eigenvalue weighted by Gasteiger charge is -2.19. The summed E-state index contributed by atoms with van der Waals surface area (Å²) in [6.07, 6.45) is 0.842. The number of sulfonamides is 1. The van der Waals surface area contributed by atoms with Gasteiger partial charge in [-0.3, -0.25) is 0 Å².